The number of hydrogen-bond acceptors (Lipinski definition) is 5. The average Bonchev–Trinajstić information content (AvgIpc) is 4.09. The van der Waals surface area contributed by atoms with Gasteiger partial charge in [-0.3, -0.25) is 9.88 Å². The first-order chi connectivity index (χ1) is 32.0. The summed E-state index contributed by atoms with van der Waals surface area (Å²) in [5, 5.41) is 4.67. The van der Waals surface area contributed by atoms with Gasteiger partial charge < -0.3 is 8.83 Å². The predicted octanol–water partition coefficient (Wildman–Crippen LogP) is 16.3. The van der Waals surface area contributed by atoms with E-state index in [2.05, 4.69) is 191 Å². The quantitative estimate of drug-likeness (QED) is 0.177. The molecule has 0 spiro atoms. The van der Waals surface area contributed by atoms with Gasteiger partial charge in [0.1, 0.15) is 28.1 Å². The smallest absolute Gasteiger partial charge is 0.144 e. The molecule has 7 aromatic carbocycles. The lowest BCUT2D eigenvalue weighted by atomic mass is 9.72. The molecule has 0 saturated heterocycles. The first-order valence-electron chi connectivity index (χ1n) is 23.1. The molecule has 5 nitrogen and oxygen atoms in total. The van der Waals surface area contributed by atoms with Crippen LogP contribution < -0.4 is 4.90 Å². The largest absolute Gasteiger partial charge is 0.455 e. The Morgan fingerprint density at radius 1 is 0.424 bits per heavy atom. The summed E-state index contributed by atoms with van der Waals surface area (Å²) in [6, 6.07) is 52.8. The van der Waals surface area contributed by atoms with E-state index in [0.29, 0.717) is 0 Å². The fourth-order valence-electron chi connectivity index (χ4n) is 12.5. The van der Waals surface area contributed by atoms with Crippen molar-refractivity contribution in [3.63, 3.8) is 0 Å². The number of para-hydroxylation sites is 2. The predicted molar refractivity (Wildman–Crippen MR) is 269 cm³/mol. The third-order valence-electron chi connectivity index (χ3n) is 15.5. The van der Waals surface area contributed by atoms with Crippen molar-refractivity contribution in [2.24, 2.45) is 0 Å². The molecule has 0 fully saturated rings. The normalized spacial score (nSPS) is 15.5. The van der Waals surface area contributed by atoms with Crippen LogP contribution in [0.5, 0.6) is 0 Å². The number of rotatable bonds is 4. The van der Waals surface area contributed by atoms with Crippen molar-refractivity contribution < 1.29 is 8.83 Å². The Bertz CT molecular complexity index is 3910. The molecule has 0 N–H and O–H groups in total. The van der Waals surface area contributed by atoms with Crippen molar-refractivity contribution >= 4 is 61.1 Å². The van der Waals surface area contributed by atoms with Crippen LogP contribution in [0.2, 0.25) is 0 Å². The molecule has 0 bridgehead atoms. The van der Waals surface area contributed by atoms with Crippen molar-refractivity contribution in [1.82, 2.24) is 9.97 Å². The van der Waals surface area contributed by atoms with E-state index >= 15 is 0 Å². The second kappa shape index (κ2) is 12.7. The van der Waals surface area contributed by atoms with Gasteiger partial charge >= 0.3 is 0 Å². The Morgan fingerprint density at radius 3 is 1.68 bits per heavy atom. The van der Waals surface area contributed by atoms with E-state index in [9.17, 15) is 0 Å². The molecule has 0 amide bonds. The first-order valence-corrected chi connectivity index (χ1v) is 23.1. The lowest BCUT2D eigenvalue weighted by molar-refractivity contribution is 0.600. The second-order valence-electron chi connectivity index (χ2n) is 20.1. The second-order valence-corrected chi connectivity index (χ2v) is 20.1. The van der Waals surface area contributed by atoms with Crippen LogP contribution in [0.25, 0.3) is 88.4 Å². The van der Waals surface area contributed by atoms with Gasteiger partial charge in [-0.25, -0.2) is 4.98 Å². The van der Waals surface area contributed by atoms with Crippen molar-refractivity contribution in [2.75, 3.05) is 4.90 Å². The highest BCUT2D eigenvalue weighted by atomic mass is 16.3. The van der Waals surface area contributed by atoms with E-state index in [1.165, 1.54) is 77.5 Å². The van der Waals surface area contributed by atoms with E-state index in [1.807, 2.05) is 24.7 Å². The third-order valence-corrected chi connectivity index (χ3v) is 15.5. The van der Waals surface area contributed by atoms with Crippen LogP contribution >= 0.6 is 0 Å². The molecule has 0 unspecified atom stereocenters. The molecule has 0 atom stereocenters. The maximum atomic E-state index is 7.01. The van der Waals surface area contributed by atoms with Crippen LogP contribution in [0.1, 0.15) is 74.9 Å². The number of anilines is 3. The Kier molecular flexibility index (Phi) is 7.25. The Hall–Kier alpha value is -7.76. The molecule has 0 radical (unpaired) electrons. The minimum Gasteiger partial charge on any atom is -0.455 e. The van der Waals surface area contributed by atoms with Gasteiger partial charge in [-0.1, -0.05) is 120 Å². The number of fused-ring (bicyclic) bond motifs is 19. The summed E-state index contributed by atoms with van der Waals surface area (Å²) in [4.78, 5) is 11.7. The number of nitrogens with zero attached hydrogens (tertiary/aromatic N) is 3. The van der Waals surface area contributed by atoms with Gasteiger partial charge in [0.15, 0.2) is 0 Å². The molecule has 0 aliphatic heterocycles. The topological polar surface area (TPSA) is 55.3 Å². The summed E-state index contributed by atoms with van der Waals surface area (Å²) in [6.07, 6.45) is 5.62. The standard InChI is InChI=1S/C61H45N3O2/c1-59(2)44-31-35(22-24-38(44)50-46(59)33-42(34-26-29-62-30-27-34)57-52(50)40-16-8-11-19-47(40)65-57)64(49-21-13-14-28-63-49)36-23-25-39-45(32-36)61(5,6)56-54(39)58-53(41-17-9-12-20-48(41)66-58)51-37-15-7-10-18-43(37)60(3,4)55(51)56/h7-33H,1-6H3. The summed E-state index contributed by atoms with van der Waals surface area (Å²) < 4.78 is 13.8. The lowest BCUT2D eigenvalue weighted by Crippen LogP contribution is -2.24. The van der Waals surface area contributed by atoms with E-state index in [1.54, 1.807) is 0 Å². The number of aromatic nitrogens is 2. The maximum absolute atomic E-state index is 7.01. The highest BCUT2D eigenvalue weighted by Crippen LogP contribution is 2.64. The van der Waals surface area contributed by atoms with Crippen LogP contribution in [-0.2, 0) is 16.2 Å². The molecule has 3 aliphatic rings. The molecular formula is C61H45N3O2. The Labute approximate surface area is 383 Å². The molecule has 11 aromatic rings. The van der Waals surface area contributed by atoms with Gasteiger partial charge in [0.05, 0.1) is 0 Å². The zero-order valence-corrected chi connectivity index (χ0v) is 37.7. The Morgan fingerprint density at radius 2 is 0.985 bits per heavy atom. The summed E-state index contributed by atoms with van der Waals surface area (Å²) in [6.45, 7) is 14.4. The maximum Gasteiger partial charge on any atom is 0.144 e. The van der Waals surface area contributed by atoms with Crippen LogP contribution in [0.15, 0.2) is 173 Å². The monoisotopic (exact) mass is 851 g/mol. The highest BCUT2D eigenvalue weighted by molar-refractivity contribution is 6.21. The molecule has 4 aromatic heterocycles. The summed E-state index contributed by atoms with van der Waals surface area (Å²) in [5.41, 5.74) is 22.6. The van der Waals surface area contributed by atoms with Crippen LogP contribution in [0, 0.1) is 0 Å². The summed E-state index contributed by atoms with van der Waals surface area (Å²) in [7, 11) is 0. The van der Waals surface area contributed by atoms with E-state index < -0.39 is 0 Å². The zero-order valence-electron chi connectivity index (χ0n) is 37.7. The first kappa shape index (κ1) is 37.6. The average molecular weight is 852 g/mol. The van der Waals surface area contributed by atoms with Gasteiger partial charge in [-0.05, 0) is 133 Å². The van der Waals surface area contributed by atoms with Gasteiger partial charge in [-0.15, -0.1) is 0 Å². The molecule has 4 heterocycles. The van der Waals surface area contributed by atoms with Gasteiger partial charge in [0.25, 0.3) is 0 Å². The van der Waals surface area contributed by atoms with Gasteiger partial charge in [0.2, 0.25) is 0 Å². The lowest BCUT2D eigenvalue weighted by Gasteiger charge is -2.31. The van der Waals surface area contributed by atoms with E-state index in [-0.39, 0.29) is 16.2 Å². The number of hydrogen-bond donors (Lipinski definition) is 0. The molecule has 5 heteroatoms. The molecule has 0 saturated carbocycles. The fourth-order valence-corrected chi connectivity index (χ4v) is 12.5. The van der Waals surface area contributed by atoms with Gasteiger partial charge in [0, 0.05) is 78.9 Å². The Balaban J connectivity index is 0.980. The van der Waals surface area contributed by atoms with Crippen molar-refractivity contribution in [3.8, 4) is 44.5 Å². The van der Waals surface area contributed by atoms with Crippen molar-refractivity contribution in [2.45, 2.75) is 57.8 Å². The molecular weight excluding hydrogens is 807 g/mol. The third kappa shape index (κ3) is 4.69. The van der Waals surface area contributed by atoms with Crippen LogP contribution in [0.4, 0.5) is 17.2 Å². The number of benzene rings is 7. The van der Waals surface area contributed by atoms with Crippen molar-refractivity contribution in [3.05, 3.63) is 198 Å². The van der Waals surface area contributed by atoms with Gasteiger partial charge in [-0.2, -0.15) is 0 Å². The summed E-state index contributed by atoms with van der Waals surface area (Å²) >= 11 is 0. The minimum atomic E-state index is -0.347. The number of furan rings is 2. The van der Waals surface area contributed by atoms with Crippen LogP contribution in [-0.4, -0.2) is 9.97 Å². The fraction of sp³-hybridized carbons (Fsp3) is 0.148. The van der Waals surface area contributed by atoms with Crippen LogP contribution in [0.3, 0.4) is 0 Å². The molecule has 316 valence electrons. The molecule has 14 rings (SSSR count). The van der Waals surface area contributed by atoms with E-state index in [4.69, 9.17) is 13.8 Å². The SMILES string of the molecule is CC1(C)c2cc(N(c3ccc4c(c3)C(C)(C)c3c5c(c6c(oc7ccccc76)c3-4)-c3ccccc3C5(C)C)c3ccccn3)ccc2-c2c1cc(-c1ccncc1)c1oc3ccccc3c21. The highest BCUT2D eigenvalue weighted by Gasteiger charge is 2.49. The number of pyridine rings is 2. The van der Waals surface area contributed by atoms with E-state index in [0.717, 1.165) is 61.4 Å². The minimum absolute atomic E-state index is 0.215. The summed E-state index contributed by atoms with van der Waals surface area (Å²) in [5.74, 6) is 0.861. The van der Waals surface area contributed by atoms with Crippen molar-refractivity contribution in [1.29, 1.82) is 0 Å². The molecule has 3 aliphatic carbocycles. The zero-order chi connectivity index (χ0) is 44.4. The molecule has 66 heavy (non-hydrogen) atoms.